The zero-order chi connectivity index (χ0) is 18.2. The van der Waals surface area contributed by atoms with E-state index >= 15 is 0 Å². The molecule has 0 bridgehead atoms. The first-order chi connectivity index (χ1) is 11.7. The van der Waals surface area contributed by atoms with Gasteiger partial charge >= 0.3 is 6.18 Å². The Morgan fingerprint density at radius 2 is 2.00 bits per heavy atom. The van der Waals surface area contributed by atoms with Gasteiger partial charge in [0.15, 0.2) is 5.69 Å². The molecule has 0 radical (unpaired) electrons. The van der Waals surface area contributed by atoms with E-state index in [1.54, 1.807) is 18.2 Å². The molecule has 8 heteroatoms. The van der Waals surface area contributed by atoms with Gasteiger partial charge in [-0.15, -0.1) is 0 Å². The molecule has 1 atom stereocenters. The molecule has 2 N–H and O–H groups in total. The third-order valence-electron chi connectivity index (χ3n) is 4.61. The minimum absolute atomic E-state index is 0.252. The maximum Gasteiger partial charge on any atom is 0.434 e. The Morgan fingerprint density at radius 3 is 2.56 bits per heavy atom. The van der Waals surface area contributed by atoms with Gasteiger partial charge in [-0.2, -0.15) is 18.3 Å². The molecule has 5 nitrogen and oxygen atoms in total. The Morgan fingerprint density at radius 1 is 1.32 bits per heavy atom. The zero-order valence-electron chi connectivity index (χ0n) is 13.8. The Labute approximate surface area is 143 Å². The molecule has 0 aliphatic carbocycles. The number of likely N-dealkylation sites (tertiary alicyclic amines) is 1. The lowest BCUT2D eigenvalue weighted by molar-refractivity contribution is -0.143. The molecule has 1 saturated heterocycles. The summed E-state index contributed by atoms with van der Waals surface area (Å²) in [6, 6.07) is 7.96. The number of carbonyl (C=O) groups excluding carboxylic acids is 1. The highest BCUT2D eigenvalue weighted by molar-refractivity contribution is 5.95. The number of nitrogens with two attached hydrogens (primary N) is 1. The molecule has 25 heavy (non-hydrogen) atoms. The van der Waals surface area contributed by atoms with Crippen molar-refractivity contribution in [2.45, 2.75) is 19.5 Å². The van der Waals surface area contributed by atoms with Crippen LogP contribution in [0.15, 0.2) is 36.5 Å². The average Bonchev–Trinajstić information content (AvgIpc) is 3.19. The molecule has 1 aromatic carbocycles. The normalized spacial score (nSPS) is 20.9. The summed E-state index contributed by atoms with van der Waals surface area (Å²) in [7, 11) is 0. The summed E-state index contributed by atoms with van der Waals surface area (Å²) in [5.74, 6) is -0.660. The van der Waals surface area contributed by atoms with Crippen LogP contribution in [0.25, 0.3) is 5.69 Å². The number of para-hydroxylation sites is 1. The summed E-state index contributed by atoms with van der Waals surface area (Å²) in [6.45, 7) is 3.04. The number of hydrogen-bond acceptors (Lipinski definition) is 3. The van der Waals surface area contributed by atoms with Crippen LogP contribution in [0.5, 0.6) is 0 Å². The largest absolute Gasteiger partial charge is 0.434 e. The molecule has 3 rings (SSSR count). The Bertz CT molecular complexity index is 772. The molecular weight excluding hydrogens is 333 g/mol. The molecule has 0 spiro atoms. The van der Waals surface area contributed by atoms with Gasteiger partial charge in [0.2, 0.25) is 0 Å². The lowest BCUT2D eigenvalue weighted by atomic mass is 9.90. The van der Waals surface area contributed by atoms with Gasteiger partial charge in [-0.25, -0.2) is 4.68 Å². The molecule has 2 aromatic rings. The van der Waals surface area contributed by atoms with Crippen LogP contribution in [0.2, 0.25) is 0 Å². The first kappa shape index (κ1) is 17.5. The summed E-state index contributed by atoms with van der Waals surface area (Å²) < 4.78 is 41.7. The summed E-state index contributed by atoms with van der Waals surface area (Å²) in [6.07, 6.45) is -3.03. The van der Waals surface area contributed by atoms with E-state index in [1.807, 2.05) is 6.92 Å². The molecule has 1 fully saturated rings. The minimum Gasteiger partial charge on any atom is -0.338 e. The number of amides is 1. The fourth-order valence-electron chi connectivity index (χ4n) is 3.08. The molecule has 1 amide bonds. The highest BCUT2D eigenvalue weighted by Gasteiger charge is 2.43. The van der Waals surface area contributed by atoms with Crippen molar-refractivity contribution in [1.82, 2.24) is 14.7 Å². The summed E-state index contributed by atoms with van der Waals surface area (Å²) in [5.41, 5.74) is 4.22. The second-order valence-electron chi connectivity index (χ2n) is 6.64. The van der Waals surface area contributed by atoms with Crippen molar-refractivity contribution < 1.29 is 18.0 Å². The van der Waals surface area contributed by atoms with Crippen LogP contribution >= 0.6 is 0 Å². The van der Waals surface area contributed by atoms with Crippen LogP contribution in [0.3, 0.4) is 0 Å². The molecule has 2 heterocycles. The third kappa shape index (κ3) is 3.26. The Balaban J connectivity index is 2.00. The van der Waals surface area contributed by atoms with E-state index in [2.05, 4.69) is 5.10 Å². The van der Waals surface area contributed by atoms with Crippen molar-refractivity contribution >= 4 is 5.91 Å². The maximum absolute atomic E-state index is 13.6. The van der Waals surface area contributed by atoms with Crippen LogP contribution in [0.1, 0.15) is 29.4 Å². The summed E-state index contributed by atoms with van der Waals surface area (Å²) in [5, 5.41) is 3.83. The van der Waals surface area contributed by atoms with Crippen LogP contribution in [0, 0.1) is 5.41 Å². The van der Waals surface area contributed by atoms with Crippen molar-refractivity contribution in [2.75, 3.05) is 19.6 Å². The van der Waals surface area contributed by atoms with E-state index in [4.69, 9.17) is 5.73 Å². The summed E-state index contributed by atoms with van der Waals surface area (Å²) in [4.78, 5) is 14.1. The molecule has 1 aromatic heterocycles. The molecule has 1 unspecified atom stereocenters. The number of alkyl halides is 3. The number of rotatable bonds is 3. The smallest absolute Gasteiger partial charge is 0.338 e. The van der Waals surface area contributed by atoms with Gasteiger partial charge in [-0.3, -0.25) is 4.79 Å². The SMILES string of the molecule is CC1(CN)CCN(C(=O)c2cnn(-c3ccccc3)c2C(F)(F)F)C1. The first-order valence-electron chi connectivity index (χ1n) is 7.95. The highest BCUT2D eigenvalue weighted by Crippen LogP contribution is 2.36. The van der Waals surface area contributed by atoms with E-state index in [0.717, 1.165) is 10.9 Å². The lowest BCUT2D eigenvalue weighted by Gasteiger charge is -2.22. The van der Waals surface area contributed by atoms with Gasteiger partial charge in [-0.05, 0) is 30.5 Å². The zero-order valence-corrected chi connectivity index (χ0v) is 13.8. The third-order valence-corrected chi connectivity index (χ3v) is 4.61. The van der Waals surface area contributed by atoms with E-state index in [9.17, 15) is 18.0 Å². The van der Waals surface area contributed by atoms with Gasteiger partial charge in [0.05, 0.1) is 17.4 Å². The van der Waals surface area contributed by atoms with Gasteiger partial charge in [0, 0.05) is 13.1 Å². The molecule has 134 valence electrons. The van der Waals surface area contributed by atoms with Gasteiger partial charge < -0.3 is 10.6 Å². The van der Waals surface area contributed by atoms with Crippen molar-refractivity contribution in [3.8, 4) is 5.69 Å². The van der Waals surface area contributed by atoms with Crippen molar-refractivity contribution in [1.29, 1.82) is 0 Å². The second kappa shape index (κ2) is 6.18. The van der Waals surface area contributed by atoms with Crippen LogP contribution in [0.4, 0.5) is 13.2 Å². The topological polar surface area (TPSA) is 64.2 Å². The number of aromatic nitrogens is 2. The predicted molar refractivity (Wildman–Crippen MR) is 86.2 cm³/mol. The van der Waals surface area contributed by atoms with E-state index in [1.165, 1.54) is 17.0 Å². The standard InChI is InChI=1S/C17H19F3N4O/c1-16(10-21)7-8-23(11-16)15(25)13-9-22-24(14(13)17(18,19)20)12-5-3-2-4-6-12/h2-6,9H,7-8,10-11,21H2,1H3. The number of carbonyl (C=O) groups is 1. The number of nitrogens with zero attached hydrogens (tertiary/aromatic N) is 3. The minimum atomic E-state index is -4.70. The first-order valence-corrected chi connectivity index (χ1v) is 7.95. The van der Waals surface area contributed by atoms with Gasteiger partial charge in [-0.1, -0.05) is 25.1 Å². The van der Waals surface area contributed by atoms with Crippen molar-refractivity contribution in [2.24, 2.45) is 11.1 Å². The van der Waals surface area contributed by atoms with Crippen LogP contribution in [-0.4, -0.2) is 40.2 Å². The second-order valence-corrected chi connectivity index (χ2v) is 6.64. The van der Waals surface area contributed by atoms with E-state index in [-0.39, 0.29) is 11.1 Å². The molecule has 1 aliphatic rings. The fraction of sp³-hybridized carbons (Fsp3) is 0.412. The Kier molecular flexibility index (Phi) is 4.32. The van der Waals surface area contributed by atoms with Crippen LogP contribution in [-0.2, 0) is 6.18 Å². The molecule has 0 saturated carbocycles. The lowest BCUT2D eigenvalue weighted by Crippen LogP contribution is -2.35. The summed E-state index contributed by atoms with van der Waals surface area (Å²) >= 11 is 0. The average molecular weight is 352 g/mol. The Hall–Kier alpha value is -2.35. The fourth-order valence-corrected chi connectivity index (χ4v) is 3.08. The van der Waals surface area contributed by atoms with E-state index in [0.29, 0.717) is 26.1 Å². The number of hydrogen-bond donors (Lipinski definition) is 1. The van der Waals surface area contributed by atoms with Gasteiger partial charge in [0.1, 0.15) is 0 Å². The van der Waals surface area contributed by atoms with Crippen molar-refractivity contribution in [3.63, 3.8) is 0 Å². The molecular formula is C17H19F3N4O. The highest BCUT2D eigenvalue weighted by atomic mass is 19.4. The number of benzene rings is 1. The van der Waals surface area contributed by atoms with Gasteiger partial charge in [0.25, 0.3) is 5.91 Å². The van der Waals surface area contributed by atoms with E-state index < -0.39 is 23.3 Å². The number of halogens is 3. The van der Waals surface area contributed by atoms with Crippen molar-refractivity contribution in [3.05, 3.63) is 47.8 Å². The molecule has 1 aliphatic heterocycles. The van der Waals surface area contributed by atoms with Crippen LogP contribution < -0.4 is 5.73 Å². The predicted octanol–water partition coefficient (Wildman–Crippen LogP) is 2.70. The monoisotopic (exact) mass is 352 g/mol. The quantitative estimate of drug-likeness (QED) is 0.924. The maximum atomic E-state index is 13.6.